The summed E-state index contributed by atoms with van der Waals surface area (Å²) in [6.07, 6.45) is 0.0367. The van der Waals surface area contributed by atoms with E-state index < -0.39 is 23.5 Å². The first-order chi connectivity index (χ1) is 29.8. The summed E-state index contributed by atoms with van der Waals surface area (Å²) in [6, 6.07) is 16.0. The lowest BCUT2D eigenvalue weighted by Gasteiger charge is -2.36. The molecule has 0 spiro atoms. The van der Waals surface area contributed by atoms with Gasteiger partial charge in [-0.15, -0.1) is 20.4 Å². The van der Waals surface area contributed by atoms with Crippen LogP contribution in [0.15, 0.2) is 73.1 Å². The summed E-state index contributed by atoms with van der Waals surface area (Å²) in [5.41, 5.74) is 0.254. The van der Waals surface area contributed by atoms with Crippen molar-refractivity contribution in [3.8, 4) is 0 Å². The van der Waals surface area contributed by atoms with E-state index in [0.29, 0.717) is 94.4 Å². The van der Waals surface area contributed by atoms with Gasteiger partial charge in [-0.25, -0.2) is 8.78 Å². The Labute approximate surface area is 352 Å². The van der Waals surface area contributed by atoms with Crippen LogP contribution in [0, 0.1) is 23.5 Å². The monoisotopic (exact) mass is 864 g/mol. The number of para-hydroxylation sites is 1. The lowest BCUT2D eigenvalue weighted by Crippen LogP contribution is -2.46. The lowest BCUT2D eigenvalue weighted by molar-refractivity contribution is -0.138. The SMILES string of the molecule is FC(F)(F)c1c(CN2CCN(c3ccc([18F])cc3)CC2)ccn2c(CC3CC3)nnc12.FC(F)(F)c1c(CN2CCN(c3ccccc3[18F])CC2)ccn2c(CC3CC3)nnc12. The molecule has 2 aromatic carbocycles. The third-order valence-corrected chi connectivity index (χ3v) is 12.3. The number of hydrogen-bond acceptors (Lipinski definition) is 8. The predicted octanol–water partition coefficient (Wildman–Crippen LogP) is 8.32. The highest BCUT2D eigenvalue weighted by molar-refractivity contribution is 5.55. The maximum absolute atomic E-state index is 14.0. The zero-order valence-corrected chi connectivity index (χ0v) is 33.9. The van der Waals surface area contributed by atoms with Crippen LogP contribution in [-0.4, -0.2) is 91.4 Å². The molecule has 10 nitrogen and oxygen atoms in total. The first kappa shape index (κ1) is 42.0. The van der Waals surface area contributed by atoms with Gasteiger partial charge in [0.2, 0.25) is 0 Å². The molecule has 2 aliphatic carbocycles. The molecular weight excluding hydrogens is 819 g/mol. The Morgan fingerprint density at radius 3 is 1.40 bits per heavy atom. The number of anilines is 2. The van der Waals surface area contributed by atoms with E-state index in [1.165, 1.54) is 27.0 Å². The van der Waals surface area contributed by atoms with Crippen molar-refractivity contribution in [1.29, 1.82) is 0 Å². The number of halogens is 8. The van der Waals surface area contributed by atoms with Gasteiger partial charge in [-0.1, -0.05) is 12.1 Å². The molecule has 0 N–H and O–H groups in total. The highest BCUT2D eigenvalue weighted by Gasteiger charge is 2.40. The van der Waals surface area contributed by atoms with Gasteiger partial charge < -0.3 is 9.80 Å². The van der Waals surface area contributed by atoms with Crippen LogP contribution < -0.4 is 9.80 Å². The molecule has 10 rings (SSSR count). The number of hydrogen-bond donors (Lipinski definition) is 0. The van der Waals surface area contributed by atoms with Crippen molar-refractivity contribution in [3.63, 3.8) is 0 Å². The molecule has 0 unspecified atom stereocenters. The molecule has 2 saturated carbocycles. The van der Waals surface area contributed by atoms with Crippen LogP contribution in [0.3, 0.4) is 0 Å². The largest absolute Gasteiger partial charge is 0.420 e. The minimum Gasteiger partial charge on any atom is -0.369 e. The number of aromatic nitrogens is 6. The van der Waals surface area contributed by atoms with Gasteiger partial charge in [0.1, 0.15) is 34.4 Å². The number of nitrogens with zero attached hydrogens (tertiary/aromatic N) is 10. The zero-order chi connectivity index (χ0) is 43.2. The molecule has 6 aromatic rings. The van der Waals surface area contributed by atoms with E-state index in [9.17, 15) is 35.1 Å². The van der Waals surface area contributed by atoms with E-state index in [4.69, 9.17) is 0 Å². The first-order valence-electron chi connectivity index (χ1n) is 21.1. The van der Waals surface area contributed by atoms with E-state index in [1.807, 2.05) is 14.7 Å². The second-order valence-electron chi connectivity index (χ2n) is 16.8. The van der Waals surface area contributed by atoms with Gasteiger partial charge in [-0.3, -0.25) is 18.6 Å². The predicted molar refractivity (Wildman–Crippen MR) is 217 cm³/mol. The van der Waals surface area contributed by atoms with Crippen molar-refractivity contribution in [2.75, 3.05) is 62.2 Å². The molecule has 62 heavy (non-hydrogen) atoms. The molecule has 4 aromatic heterocycles. The van der Waals surface area contributed by atoms with Crippen LogP contribution in [0.25, 0.3) is 11.3 Å². The molecule has 4 fully saturated rings. The average Bonchev–Trinajstić information content (AvgIpc) is 4.17. The van der Waals surface area contributed by atoms with Crippen LogP contribution in [0.2, 0.25) is 0 Å². The molecule has 4 aliphatic rings. The zero-order valence-electron chi connectivity index (χ0n) is 33.9. The molecule has 2 aliphatic heterocycles. The van der Waals surface area contributed by atoms with E-state index >= 15 is 0 Å². The Balaban J connectivity index is 0.000000158. The molecule has 0 bridgehead atoms. The summed E-state index contributed by atoms with van der Waals surface area (Å²) in [4.78, 5) is 8.04. The van der Waals surface area contributed by atoms with Gasteiger partial charge >= 0.3 is 12.4 Å². The Bertz CT molecular complexity index is 2490. The molecule has 2 saturated heterocycles. The number of piperazine rings is 2. The molecule has 0 amide bonds. The van der Waals surface area contributed by atoms with Crippen molar-refractivity contribution in [2.24, 2.45) is 11.8 Å². The standard InChI is InChI=1S/2C22H23F4N5/c23-17-3-5-18(6-4-17)30-11-9-29(10-12-30)14-16-7-8-31-19(13-15-1-2-15)27-28-21(31)20(16)22(24,25)26;23-17-3-1-2-4-18(17)30-11-9-29(10-12-30)14-16-7-8-31-19(13-15-5-6-15)27-28-21(31)20(16)22(24,25)26/h3-8,15H,1-2,9-14H2;1-4,7-8,15H,5-6,9-14H2/i2*23-1. The Kier molecular flexibility index (Phi) is 11.6. The van der Waals surface area contributed by atoms with E-state index in [2.05, 4.69) is 25.3 Å². The number of fused-ring (bicyclic) bond motifs is 2. The summed E-state index contributed by atoms with van der Waals surface area (Å²) in [5, 5.41) is 15.9. The van der Waals surface area contributed by atoms with Gasteiger partial charge in [0.05, 0.1) is 5.69 Å². The Morgan fingerprint density at radius 2 is 0.968 bits per heavy atom. The minimum atomic E-state index is -4.52. The minimum absolute atomic E-state index is 0.106. The number of rotatable bonds is 10. The maximum atomic E-state index is 14.0. The first-order valence-corrected chi connectivity index (χ1v) is 21.1. The smallest absolute Gasteiger partial charge is 0.369 e. The molecule has 328 valence electrons. The fourth-order valence-electron chi connectivity index (χ4n) is 8.56. The highest BCUT2D eigenvalue weighted by atomic mass is 19.4. The van der Waals surface area contributed by atoms with E-state index in [1.54, 1.807) is 54.9 Å². The van der Waals surface area contributed by atoms with Crippen molar-refractivity contribution in [2.45, 2.75) is 64.0 Å². The van der Waals surface area contributed by atoms with E-state index in [0.717, 1.165) is 31.4 Å². The van der Waals surface area contributed by atoms with Crippen LogP contribution in [-0.2, 0) is 38.3 Å². The van der Waals surface area contributed by atoms with E-state index in [-0.39, 0.29) is 47.1 Å². The van der Waals surface area contributed by atoms with Crippen LogP contribution in [0.4, 0.5) is 46.5 Å². The summed E-state index contributed by atoms with van der Waals surface area (Å²) < 4.78 is 114. The van der Waals surface area contributed by atoms with Crippen LogP contribution >= 0.6 is 0 Å². The molecule has 18 heteroatoms. The topological polar surface area (TPSA) is 73.3 Å². The van der Waals surface area contributed by atoms with Crippen molar-refractivity contribution in [1.82, 2.24) is 39.0 Å². The average molecular weight is 865 g/mol. The maximum Gasteiger partial charge on any atom is 0.420 e. The van der Waals surface area contributed by atoms with Crippen LogP contribution in [0.5, 0.6) is 0 Å². The molecular formula is C44H46F8N10. The van der Waals surface area contributed by atoms with Crippen molar-refractivity contribution < 1.29 is 35.1 Å². The second kappa shape index (κ2) is 17.1. The third-order valence-electron chi connectivity index (χ3n) is 12.3. The van der Waals surface area contributed by atoms with Gasteiger partial charge in [0.25, 0.3) is 0 Å². The van der Waals surface area contributed by atoms with Crippen molar-refractivity contribution >= 4 is 22.7 Å². The fourth-order valence-corrected chi connectivity index (χ4v) is 8.56. The number of benzene rings is 2. The number of pyridine rings is 2. The highest BCUT2D eigenvalue weighted by Crippen LogP contribution is 2.39. The van der Waals surface area contributed by atoms with Gasteiger partial charge in [0, 0.05) is 96.4 Å². The lowest BCUT2D eigenvalue weighted by atomic mass is 10.1. The summed E-state index contributed by atoms with van der Waals surface area (Å²) in [6.45, 7) is 5.18. The summed E-state index contributed by atoms with van der Waals surface area (Å²) in [5.74, 6) is 1.64. The third kappa shape index (κ3) is 9.35. The van der Waals surface area contributed by atoms with Crippen LogP contribution in [0.1, 0.15) is 59.6 Å². The molecule has 0 radical (unpaired) electrons. The van der Waals surface area contributed by atoms with Crippen molar-refractivity contribution in [3.05, 3.63) is 119 Å². The van der Waals surface area contributed by atoms with Gasteiger partial charge in [0.15, 0.2) is 11.3 Å². The Hall–Kier alpha value is -5.36. The summed E-state index contributed by atoms with van der Waals surface area (Å²) in [7, 11) is 0. The summed E-state index contributed by atoms with van der Waals surface area (Å²) >= 11 is 0. The Morgan fingerprint density at radius 1 is 0.516 bits per heavy atom. The van der Waals surface area contributed by atoms with Gasteiger partial charge in [-0.05, 0) is 97.2 Å². The fraction of sp³-hybridized carbons (Fsp3) is 0.455. The molecule has 0 atom stereocenters. The van der Waals surface area contributed by atoms with Gasteiger partial charge in [-0.2, -0.15) is 26.3 Å². The molecule has 6 heterocycles. The second-order valence-corrected chi connectivity index (χ2v) is 16.8. The normalized spacial score (nSPS) is 18.1. The quantitative estimate of drug-likeness (QED) is 0.128. The number of alkyl halides is 6.